The van der Waals surface area contributed by atoms with E-state index in [-0.39, 0.29) is 5.56 Å². The highest BCUT2D eigenvalue weighted by atomic mass is 19.4. The van der Waals surface area contributed by atoms with Gasteiger partial charge in [0.2, 0.25) is 0 Å². The highest BCUT2D eigenvalue weighted by molar-refractivity contribution is 5.17. The van der Waals surface area contributed by atoms with E-state index < -0.39 is 31.2 Å². The number of hydrogen-bond acceptors (Lipinski definition) is 3. The van der Waals surface area contributed by atoms with Crippen molar-refractivity contribution < 1.29 is 31.8 Å². The summed E-state index contributed by atoms with van der Waals surface area (Å²) in [6.07, 6.45) is -8.96. The van der Waals surface area contributed by atoms with Crippen LogP contribution in [-0.4, -0.2) is 22.9 Å². The second-order valence-corrected chi connectivity index (χ2v) is 3.10. The summed E-state index contributed by atoms with van der Waals surface area (Å²) >= 11 is 0. The predicted molar refractivity (Wildman–Crippen MR) is 46.0 cm³/mol. The molecule has 17 heavy (non-hydrogen) atoms. The normalized spacial score (nSPS) is 14.1. The van der Waals surface area contributed by atoms with Gasteiger partial charge in [-0.3, -0.25) is 9.72 Å². The van der Waals surface area contributed by atoms with Crippen LogP contribution in [0.3, 0.4) is 0 Å². The molecule has 0 fully saturated rings. The number of pyridine rings is 1. The topological polar surface area (TPSA) is 42.4 Å². The van der Waals surface area contributed by atoms with Crippen LogP contribution in [0.1, 0.15) is 17.4 Å². The maximum absolute atomic E-state index is 12.1. The quantitative estimate of drug-likeness (QED) is 0.842. The van der Waals surface area contributed by atoms with Crippen LogP contribution in [0.25, 0.3) is 0 Å². The SMILES string of the molecule is OC(c1cc(COC(F)(F)F)ccn1)C(F)F. The van der Waals surface area contributed by atoms with Crippen LogP contribution in [0.15, 0.2) is 18.3 Å². The molecule has 1 aromatic heterocycles. The zero-order chi connectivity index (χ0) is 13.1. The van der Waals surface area contributed by atoms with Gasteiger partial charge in [-0.25, -0.2) is 8.78 Å². The molecule has 1 heterocycles. The average molecular weight is 257 g/mol. The fourth-order valence-corrected chi connectivity index (χ4v) is 1.04. The molecule has 0 saturated heterocycles. The summed E-state index contributed by atoms with van der Waals surface area (Å²) in [5, 5.41) is 8.97. The van der Waals surface area contributed by atoms with Crippen molar-refractivity contribution in [1.82, 2.24) is 4.98 Å². The van der Waals surface area contributed by atoms with Gasteiger partial charge in [-0.1, -0.05) is 0 Å². The summed E-state index contributed by atoms with van der Waals surface area (Å²) in [6, 6.07) is 2.11. The standard InChI is InChI=1S/C9H8F5NO2/c10-8(11)7(16)6-3-5(1-2-15-6)4-17-9(12,13)14/h1-3,7-8,16H,4H2. The smallest absolute Gasteiger partial charge is 0.381 e. The number of halogens is 5. The van der Waals surface area contributed by atoms with Gasteiger partial charge in [0.1, 0.15) is 0 Å². The number of alkyl halides is 5. The van der Waals surface area contributed by atoms with Gasteiger partial charge < -0.3 is 5.11 Å². The summed E-state index contributed by atoms with van der Waals surface area (Å²) < 4.78 is 62.9. The number of rotatable bonds is 4. The molecule has 0 spiro atoms. The summed E-state index contributed by atoms with van der Waals surface area (Å²) in [7, 11) is 0. The van der Waals surface area contributed by atoms with Crippen LogP contribution in [0.2, 0.25) is 0 Å². The molecule has 1 unspecified atom stereocenters. The van der Waals surface area contributed by atoms with Gasteiger partial charge in [-0.15, -0.1) is 13.2 Å². The first-order valence-corrected chi connectivity index (χ1v) is 4.41. The second kappa shape index (κ2) is 5.37. The molecule has 1 N–H and O–H groups in total. The molecule has 8 heteroatoms. The minimum Gasteiger partial charge on any atom is -0.381 e. The monoisotopic (exact) mass is 257 g/mol. The van der Waals surface area contributed by atoms with Gasteiger partial charge in [-0.05, 0) is 17.7 Å². The number of nitrogens with zero attached hydrogens (tertiary/aromatic N) is 1. The van der Waals surface area contributed by atoms with E-state index in [0.29, 0.717) is 0 Å². The van der Waals surface area contributed by atoms with Gasteiger partial charge in [0.15, 0.2) is 6.10 Å². The minimum absolute atomic E-state index is 0.00738. The second-order valence-electron chi connectivity index (χ2n) is 3.10. The van der Waals surface area contributed by atoms with Crippen molar-refractivity contribution in [2.75, 3.05) is 0 Å². The summed E-state index contributed by atoms with van der Waals surface area (Å²) in [4.78, 5) is 3.44. The van der Waals surface area contributed by atoms with E-state index in [1.54, 1.807) is 0 Å². The van der Waals surface area contributed by atoms with Crippen LogP contribution in [0.4, 0.5) is 22.0 Å². The molecule has 0 saturated carbocycles. The Morgan fingerprint density at radius 2 is 2.00 bits per heavy atom. The lowest BCUT2D eigenvalue weighted by atomic mass is 10.2. The molecule has 0 aliphatic rings. The van der Waals surface area contributed by atoms with Crippen molar-refractivity contribution in [2.24, 2.45) is 0 Å². The Morgan fingerprint density at radius 1 is 1.35 bits per heavy atom. The zero-order valence-electron chi connectivity index (χ0n) is 8.29. The van der Waals surface area contributed by atoms with E-state index in [1.807, 2.05) is 0 Å². The fourth-order valence-electron chi connectivity index (χ4n) is 1.04. The van der Waals surface area contributed by atoms with Crippen molar-refractivity contribution in [1.29, 1.82) is 0 Å². The third-order valence-corrected chi connectivity index (χ3v) is 1.79. The molecule has 0 aromatic carbocycles. The first-order valence-electron chi connectivity index (χ1n) is 4.41. The molecule has 1 aromatic rings. The van der Waals surface area contributed by atoms with Gasteiger partial charge in [0.25, 0.3) is 6.43 Å². The minimum atomic E-state index is -4.80. The Labute approximate surface area is 92.8 Å². The lowest BCUT2D eigenvalue weighted by Crippen LogP contribution is -2.14. The van der Waals surface area contributed by atoms with Gasteiger partial charge in [0, 0.05) is 6.20 Å². The Bertz CT molecular complexity index is 369. The lowest BCUT2D eigenvalue weighted by Gasteiger charge is -2.11. The Kier molecular flexibility index (Phi) is 4.35. The number of aliphatic hydroxyl groups excluding tert-OH is 1. The van der Waals surface area contributed by atoms with Crippen molar-refractivity contribution in [3.8, 4) is 0 Å². The zero-order valence-corrected chi connectivity index (χ0v) is 8.29. The van der Waals surface area contributed by atoms with E-state index in [2.05, 4.69) is 9.72 Å². The van der Waals surface area contributed by atoms with E-state index in [1.165, 1.54) is 6.07 Å². The van der Waals surface area contributed by atoms with Crippen LogP contribution >= 0.6 is 0 Å². The number of aliphatic hydroxyl groups is 1. The molecule has 0 bridgehead atoms. The molecule has 0 aliphatic heterocycles. The van der Waals surface area contributed by atoms with Crippen LogP contribution in [-0.2, 0) is 11.3 Å². The van der Waals surface area contributed by atoms with Gasteiger partial charge >= 0.3 is 6.36 Å². The summed E-state index contributed by atoms with van der Waals surface area (Å²) in [5.74, 6) is 0. The van der Waals surface area contributed by atoms with E-state index in [4.69, 9.17) is 5.11 Å². The molecular weight excluding hydrogens is 249 g/mol. The highest BCUT2D eigenvalue weighted by Crippen LogP contribution is 2.21. The van der Waals surface area contributed by atoms with Crippen LogP contribution < -0.4 is 0 Å². The highest BCUT2D eigenvalue weighted by Gasteiger charge is 2.29. The maximum Gasteiger partial charge on any atom is 0.522 e. The van der Waals surface area contributed by atoms with Crippen molar-refractivity contribution in [3.05, 3.63) is 29.6 Å². The largest absolute Gasteiger partial charge is 0.522 e. The number of hydrogen-bond donors (Lipinski definition) is 1. The predicted octanol–water partition coefficient (Wildman–Crippen LogP) is 2.42. The van der Waals surface area contributed by atoms with Crippen molar-refractivity contribution in [3.63, 3.8) is 0 Å². The molecule has 0 amide bonds. The first-order chi connectivity index (χ1) is 7.79. The van der Waals surface area contributed by atoms with E-state index in [9.17, 15) is 22.0 Å². The maximum atomic E-state index is 12.1. The lowest BCUT2D eigenvalue weighted by molar-refractivity contribution is -0.330. The third-order valence-electron chi connectivity index (χ3n) is 1.79. The fraction of sp³-hybridized carbons (Fsp3) is 0.444. The van der Waals surface area contributed by atoms with Gasteiger partial charge in [0.05, 0.1) is 12.3 Å². The molecule has 3 nitrogen and oxygen atoms in total. The van der Waals surface area contributed by atoms with E-state index in [0.717, 1.165) is 12.3 Å². The molecule has 0 radical (unpaired) electrons. The summed E-state index contributed by atoms with van der Waals surface area (Å²) in [6.45, 7) is -0.824. The van der Waals surface area contributed by atoms with Gasteiger partial charge in [-0.2, -0.15) is 0 Å². The van der Waals surface area contributed by atoms with Crippen LogP contribution in [0.5, 0.6) is 0 Å². The number of aromatic nitrogens is 1. The molecule has 0 aliphatic carbocycles. The summed E-state index contributed by atoms with van der Waals surface area (Å²) in [5.41, 5.74) is -0.407. The molecule has 1 rings (SSSR count). The third kappa shape index (κ3) is 4.61. The van der Waals surface area contributed by atoms with Crippen molar-refractivity contribution >= 4 is 0 Å². The van der Waals surface area contributed by atoms with Crippen LogP contribution in [0, 0.1) is 0 Å². The molecular formula is C9H8F5NO2. The Balaban J connectivity index is 2.73. The average Bonchev–Trinajstić information content (AvgIpc) is 2.24. The Hall–Kier alpha value is -1.28. The number of ether oxygens (including phenoxy) is 1. The molecule has 1 atom stereocenters. The van der Waals surface area contributed by atoms with Crippen molar-refractivity contribution in [2.45, 2.75) is 25.5 Å². The first kappa shape index (κ1) is 13.8. The molecule has 96 valence electrons. The Morgan fingerprint density at radius 3 is 2.53 bits per heavy atom. The van der Waals surface area contributed by atoms with E-state index >= 15 is 0 Å².